The number of aliphatic hydroxyl groups excluding tert-OH is 1. The van der Waals surface area contributed by atoms with Gasteiger partial charge in [0.05, 0.1) is 17.4 Å². The van der Waals surface area contributed by atoms with Gasteiger partial charge in [0.25, 0.3) is 0 Å². The monoisotopic (exact) mass is 417 g/mol. The molecular formula is C22H31N3O5. The topological polar surface area (TPSA) is 97.1 Å². The van der Waals surface area contributed by atoms with Crippen molar-refractivity contribution in [3.63, 3.8) is 0 Å². The van der Waals surface area contributed by atoms with E-state index in [4.69, 9.17) is 14.0 Å². The quantitative estimate of drug-likeness (QED) is 0.715. The van der Waals surface area contributed by atoms with Gasteiger partial charge in [0.1, 0.15) is 24.2 Å². The normalized spacial score (nSPS) is 15.4. The number of rotatable bonds is 7. The Hall–Kier alpha value is -2.58. The number of carbonyl (C=O) groups excluding carboxylic acids is 1. The van der Waals surface area contributed by atoms with Crippen LogP contribution in [-0.2, 0) is 24.3 Å². The standard InChI is InChI=1S/C22H31N3O5/c1-15-18(14-29-24-15)13-28-20-6-5-17-11-25(8-7-16(17)9-20)12-19(26)10-23-21(27)30-22(2,3)4/h5-6,9,14,19,26H,7-8,10-13H2,1-4H3,(H,23,27)/t19-/m0/s1. The summed E-state index contributed by atoms with van der Waals surface area (Å²) in [5, 5.41) is 16.8. The van der Waals surface area contributed by atoms with Crippen molar-refractivity contribution in [2.75, 3.05) is 19.6 Å². The predicted molar refractivity (Wildman–Crippen MR) is 111 cm³/mol. The van der Waals surface area contributed by atoms with Crippen LogP contribution in [0, 0.1) is 6.92 Å². The second-order valence-electron chi connectivity index (χ2n) is 8.67. The molecule has 1 atom stereocenters. The van der Waals surface area contributed by atoms with Gasteiger partial charge >= 0.3 is 6.09 Å². The van der Waals surface area contributed by atoms with E-state index in [0.29, 0.717) is 13.2 Å². The minimum atomic E-state index is -0.659. The summed E-state index contributed by atoms with van der Waals surface area (Å²) in [5.74, 6) is 0.824. The van der Waals surface area contributed by atoms with E-state index in [0.717, 1.165) is 36.5 Å². The number of nitrogens with one attached hydrogen (secondary N) is 1. The lowest BCUT2D eigenvalue weighted by Gasteiger charge is -2.30. The minimum absolute atomic E-state index is 0.160. The van der Waals surface area contributed by atoms with Gasteiger partial charge in [-0.3, -0.25) is 4.90 Å². The predicted octanol–water partition coefficient (Wildman–Crippen LogP) is 2.81. The number of hydrogen-bond donors (Lipinski definition) is 2. The maximum absolute atomic E-state index is 11.7. The summed E-state index contributed by atoms with van der Waals surface area (Å²) in [6.45, 7) is 9.97. The van der Waals surface area contributed by atoms with Gasteiger partial charge in [-0.1, -0.05) is 11.2 Å². The molecule has 1 aliphatic rings. The third kappa shape index (κ3) is 6.47. The van der Waals surface area contributed by atoms with Gasteiger partial charge in [-0.15, -0.1) is 0 Å². The first kappa shape index (κ1) is 22.1. The highest BCUT2D eigenvalue weighted by Crippen LogP contribution is 2.25. The molecule has 1 aromatic heterocycles. The van der Waals surface area contributed by atoms with Crippen LogP contribution in [0.15, 0.2) is 29.0 Å². The molecule has 1 aromatic carbocycles. The number of aromatic nitrogens is 1. The largest absolute Gasteiger partial charge is 0.489 e. The molecule has 0 saturated heterocycles. The number of benzene rings is 1. The lowest BCUT2D eigenvalue weighted by atomic mass is 9.99. The zero-order chi connectivity index (χ0) is 21.7. The van der Waals surface area contributed by atoms with Crippen molar-refractivity contribution in [1.29, 1.82) is 0 Å². The zero-order valence-electron chi connectivity index (χ0n) is 18.1. The van der Waals surface area contributed by atoms with Crippen molar-refractivity contribution < 1.29 is 23.9 Å². The summed E-state index contributed by atoms with van der Waals surface area (Å²) < 4.78 is 16.0. The summed E-state index contributed by atoms with van der Waals surface area (Å²) in [6, 6.07) is 6.12. The number of aryl methyl sites for hydroxylation is 1. The number of aliphatic hydroxyl groups is 1. The van der Waals surface area contributed by atoms with Crippen LogP contribution in [0.3, 0.4) is 0 Å². The second kappa shape index (κ2) is 9.49. The fourth-order valence-electron chi connectivity index (χ4n) is 3.32. The summed E-state index contributed by atoms with van der Waals surface area (Å²) in [5.41, 5.74) is 3.70. The first-order valence-corrected chi connectivity index (χ1v) is 10.2. The highest BCUT2D eigenvalue weighted by molar-refractivity contribution is 5.67. The van der Waals surface area contributed by atoms with Crippen LogP contribution in [0.1, 0.15) is 43.2 Å². The van der Waals surface area contributed by atoms with Crippen LogP contribution in [0.25, 0.3) is 0 Å². The molecule has 3 rings (SSSR count). The lowest BCUT2D eigenvalue weighted by Crippen LogP contribution is -2.43. The van der Waals surface area contributed by atoms with Gasteiger partial charge in [-0.05, 0) is 57.4 Å². The lowest BCUT2D eigenvalue weighted by molar-refractivity contribution is 0.0464. The maximum Gasteiger partial charge on any atom is 0.407 e. The van der Waals surface area contributed by atoms with Gasteiger partial charge in [-0.2, -0.15) is 0 Å². The van der Waals surface area contributed by atoms with Crippen molar-refractivity contribution in [3.05, 3.63) is 46.8 Å². The average Bonchev–Trinajstić information content (AvgIpc) is 3.08. The van der Waals surface area contributed by atoms with E-state index >= 15 is 0 Å². The van der Waals surface area contributed by atoms with Crippen molar-refractivity contribution in [2.24, 2.45) is 0 Å². The Morgan fingerprint density at radius 1 is 1.37 bits per heavy atom. The first-order valence-electron chi connectivity index (χ1n) is 10.2. The van der Waals surface area contributed by atoms with Gasteiger partial charge in [0.15, 0.2) is 0 Å². The molecule has 30 heavy (non-hydrogen) atoms. The zero-order valence-corrected chi connectivity index (χ0v) is 18.1. The molecule has 0 aliphatic carbocycles. The van der Waals surface area contributed by atoms with Crippen LogP contribution >= 0.6 is 0 Å². The number of hydrogen-bond acceptors (Lipinski definition) is 7. The second-order valence-corrected chi connectivity index (χ2v) is 8.67. The molecule has 1 amide bonds. The Morgan fingerprint density at radius 3 is 2.87 bits per heavy atom. The highest BCUT2D eigenvalue weighted by atomic mass is 16.6. The molecule has 2 aromatic rings. The Morgan fingerprint density at radius 2 is 2.17 bits per heavy atom. The Bertz CT molecular complexity index is 859. The third-order valence-electron chi connectivity index (χ3n) is 4.86. The molecular weight excluding hydrogens is 386 g/mol. The molecule has 1 aliphatic heterocycles. The van der Waals surface area contributed by atoms with Gasteiger partial charge in [-0.25, -0.2) is 4.79 Å². The Balaban J connectivity index is 1.46. The SMILES string of the molecule is Cc1nocc1COc1ccc2c(c1)CCN(C[C@@H](O)CNC(=O)OC(C)(C)C)C2. The molecule has 2 heterocycles. The Labute approximate surface area is 177 Å². The van der Waals surface area contributed by atoms with E-state index < -0.39 is 17.8 Å². The molecule has 0 unspecified atom stereocenters. The van der Waals surface area contributed by atoms with Gasteiger partial charge in [0, 0.05) is 26.2 Å². The third-order valence-corrected chi connectivity index (χ3v) is 4.86. The molecule has 0 saturated carbocycles. The minimum Gasteiger partial charge on any atom is -0.489 e. The van der Waals surface area contributed by atoms with Crippen LogP contribution in [-0.4, -0.2) is 52.6 Å². The molecule has 0 bridgehead atoms. The van der Waals surface area contributed by atoms with E-state index in [1.807, 2.05) is 13.0 Å². The first-order chi connectivity index (χ1) is 14.2. The molecule has 2 N–H and O–H groups in total. The van der Waals surface area contributed by atoms with Gasteiger partial charge < -0.3 is 24.4 Å². The number of ether oxygens (including phenoxy) is 2. The summed E-state index contributed by atoms with van der Waals surface area (Å²) in [4.78, 5) is 13.9. The molecule has 164 valence electrons. The summed E-state index contributed by atoms with van der Waals surface area (Å²) >= 11 is 0. The van der Waals surface area contributed by atoms with E-state index in [-0.39, 0.29) is 6.54 Å². The molecule has 0 spiro atoms. The van der Waals surface area contributed by atoms with Crippen LogP contribution in [0.4, 0.5) is 4.79 Å². The maximum atomic E-state index is 11.7. The highest BCUT2D eigenvalue weighted by Gasteiger charge is 2.21. The van der Waals surface area contributed by atoms with Crippen LogP contribution < -0.4 is 10.1 Å². The molecule has 0 fully saturated rings. The summed E-state index contributed by atoms with van der Waals surface area (Å²) in [7, 11) is 0. The molecule has 8 heteroatoms. The van der Waals surface area contributed by atoms with Gasteiger partial charge in [0.2, 0.25) is 0 Å². The van der Waals surface area contributed by atoms with Crippen molar-refractivity contribution in [2.45, 2.75) is 59.0 Å². The number of nitrogens with zero attached hydrogens (tertiary/aromatic N) is 2. The molecule has 8 nitrogen and oxygen atoms in total. The van der Waals surface area contributed by atoms with Crippen LogP contribution in [0.5, 0.6) is 5.75 Å². The van der Waals surface area contributed by atoms with E-state index in [1.54, 1.807) is 27.0 Å². The van der Waals surface area contributed by atoms with E-state index in [9.17, 15) is 9.90 Å². The Kier molecular flexibility index (Phi) is 6.99. The van der Waals surface area contributed by atoms with E-state index in [2.05, 4.69) is 27.5 Å². The fourth-order valence-corrected chi connectivity index (χ4v) is 3.32. The number of alkyl carbamates (subject to hydrolysis) is 1. The number of carbonyl (C=O) groups is 1. The number of fused-ring (bicyclic) bond motifs is 1. The smallest absolute Gasteiger partial charge is 0.407 e. The molecule has 0 radical (unpaired) electrons. The fraction of sp³-hybridized carbons (Fsp3) is 0.545. The number of β-amino-alcohol motifs (C(OH)–C–C–N with tert-alkyl or cyclic N) is 1. The van der Waals surface area contributed by atoms with Crippen molar-refractivity contribution in [3.8, 4) is 5.75 Å². The van der Waals surface area contributed by atoms with Crippen molar-refractivity contribution >= 4 is 6.09 Å². The number of amides is 1. The van der Waals surface area contributed by atoms with Crippen LogP contribution in [0.2, 0.25) is 0 Å². The van der Waals surface area contributed by atoms with Crippen molar-refractivity contribution in [1.82, 2.24) is 15.4 Å². The van der Waals surface area contributed by atoms with E-state index in [1.165, 1.54) is 11.1 Å². The summed E-state index contributed by atoms with van der Waals surface area (Å²) in [6.07, 6.45) is 1.31. The average molecular weight is 418 g/mol.